The first-order valence-electron chi connectivity index (χ1n) is 15.5. The number of hydrogen-bond donors (Lipinski definition) is 0. The van der Waals surface area contributed by atoms with Crippen molar-refractivity contribution in [2.45, 2.75) is 32.9 Å². The Labute approximate surface area is 277 Å². The van der Waals surface area contributed by atoms with E-state index in [9.17, 15) is 0 Å². The molecule has 4 heteroatoms. The summed E-state index contributed by atoms with van der Waals surface area (Å²) in [6, 6.07) is 38.9. The summed E-state index contributed by atoms with van der Waals surface area (Å²) >= 11 is 3.58. The second kappa shape index (κ2) is 12.2. The Kier molecular flexibility index (Phi) is 7.56. The molecule has 2 nitrogen and oxygen atoms in total. The Balaban J connectivity index is 1.30. The number of rotatable bonds is 4. The number of benzene rings is 6. The van der Waals surface area contributed by atoms with E-state index in [4.69, 9.17) is 9.98 Å². The highest BCUT2D eigenvalue weighted by atomic mass is 32.2. The van der Waals surface area contributed by atoms with Gasteiger partial charge in [0.05, 0.1) is 0 Å². The summed E-state index contributed by atoms with van der Waals surface area (Å²) in [7, 11) is 0. The van der Waals surface area contributed by atoms with Crippen LogP contribution in [0.25, 0.3) is 38.0 Å². The maximum atomic E-state index is 5.24. The van der Waals surface area contributed by atoms with E-state index in [1.165, 1.54) is 51.9 Å². The van der Waals surface area contributed by atoms with Crippen molar-refractivity contribution in [3.63, 3.8) is 0 Å². The third kappa shape index (κ3) is 5.25. The molecule has 220 valence electrons. The number of aliphatic imine (C=N–C) groups is 2. The van der Waals surface area contributed by atoms with Crippen LogP contribution in [0.2, 0.25) is 0 Å². The number of amidine groups is 1. The number of allylic oxidation sites excluding steroid dienone is 4. The summed E-state index contributed by atoms with van der Waals surface area (Å²) in [5, 5.41) is 7.37. The zero-order valence-electron chi connectivity index (χ0n) is 25.4. The van der Waals surface area contributed by atoms with Gasteiger partial charge in [0.2, 0.25) is 0 Å². The fourth-order valence-electron chi connectivity index (χ4n) is 6.34. The van der Waals surface area contributed by atoms with Gasteiger partial charge in [0.25, 0.3) is 0 Å². The van der Waals surface area contributed by atoms with Crippen LogP contribution in [-0.2, 0) is 0 Å². The normalized spacial score (nSPS) is 16.0. The second-order valence-corrected chi connectivity index (χ2v) is 13.8. The molecule has 0 radical (unpaired) electrons. The van der Waals surface area contributed by atoms with Crippen LogP contribution in [-0.4, -0.2) is 12.1 Å². The van der Waals surface area contributed by atoms with E-state index in [1.807, 2.05) is 6.21 Å². The monoisotopic (exact) mass is 626 g/mol. The van der Waals surface area contributed by atoms with Crippen LogP contribution >= 0.6 is 23.5 Å². The lowest BCUT2D eigenvalue weighted by atomic mass is 9.93. The Bertz CT molecular complexity index is 2330. The quantitative estimate of drug-likeness (QED) is 0.0840. The van der Waals surface area contributed by atoms with Crippen molar-refractivity contribution in [1.82, 2.24) is 0 Å². The summed E-state index contributed by atoms with van der Waals surface area (Å²) in [6.45, 7) is 6.33. The third-order valence-electron chi connectivity index (χ3n) is 8.53. The van der Waals surface area contributed by atoms with Crippen molar-refractivity contribution in [1.29, 1.82) is 0 Å². The Morgan fingerprint density at radius 1 is 0.739 bits per heavy atom. The Hall–Kier alpha value is -4.86. The molecule has 0 bridgehead atoms. The van der Waals surface area contributed by atoms with E-state index in [1.54, 1.807) is 23.5 Å². The van der Waals surface area contributed by atoms with Crippen LogP contribution < -0.4 is 0 Å². The molecule has 1 unspecified atom stereocenters. The van der Waals surface area contributed by atoms with Crippen molar-refractivity contribution in [2.24, 2.45) is 15.9 Å². The molecule has 0 saturated heterocycles. The minimum Gasteiger partial charge on any atom is -0.236 e. The van der Waals surface area contributed by atoms with E-state index in [0.29, 0.717) is 17.5 Å². The van der Waals surface area contributed by atoms with Gasteiger partial charge in [-0.2, -0.15) is 0 Å². The lowest BCUT2D eigenvalue weighted by Gasteiger charge is -2.20. The number of nitrogens with zero attached hydrogens (tertiary/aromatic N) is 2. The van der Waals surface area contributed by atoms with E-state index in [0.717, 1.165) is 23.1 Å². The minimum absolute atomic E-state index is 0.476. The van der Waals surface area contributed by atoms with Crippen LogP contribution in [0.4, 0.5) is 0 Å². The smallest absolute Gasteiger partial charge is 0.160 e. The van der Waals surface area contributed by atoms with Gasteiger partial charge in [0.15, 0.2) is 5.84 Å². The van der Waals surface area contributed by atoms with Gasteiger partial charge >= 0.3 is 0 Å². The van der Waals surface area contributed by atoms with Gasteiger partial charge in [-0.1, -0.05) is 140 Å². The maximum absolute atomic E-state index is 5.24. The lowest BCUT2D eigenvalue weighted by molar-refractivity contribution is 0.734. The van der Waals surface area contributed by atoms with Gasteiger partial charge in [-0.3, -0.25) is 0 Å². The van der Waals surface area contributed by atoms with Crippen molar-refractivity contribution in [3.8, 4) is 0 Å². The first kappa shape index (κ1) is 28.6. The molecule has 0 N–H and O–H groups in total. The Morgan fingerprint density at radius 2 is 1.37 bits per heavy atom. The molecular formula is C42H30N2S2. The van der Waals surface area contributed by atoms with Gasteiger partial charge in [-0.05, 0) is 74.5 Å². The second-order valence-electron chi connectivity index (χ2n) is 11.6. The molecule has 6 aromatic carbocycles. The van der Waals surface area contributed by atoms with Gasteiger partial charge in [-0.15, -0.1) is 5.73 Å². The first-order valence-corrected chi connectivity index (χ1v) is 17.1. The highest BCUT2D eigenvalue weighted by Gasteiger charge is 2.21. The molecule has 2 aliphatic rings. The summed E-state index contributed by atoms with van der Waals surface area (Å²) in [5.74, 6) is 1.10. The van der Waals surface area contributed by atoms with E-state index < -0.39 is 0 Å². The topological polar surface area (TPSA) is 24.7 Å². The molecule has 8 rings (SSSR count). The first-order chi connectivity index (χ1) is 22.7. The van der Waals surface area contributed by atoms with Crippen LogP contribution in [0.1, 0.15) is 24.5 Å². The van der Waals surface area contributed by atoms with E-state index >= 15 is 0 Å². The molecule has 1 aliphatic heterocycles. The molecule has 1 heterocycles. The molecule has 1 atom stereocenters. The SMILES string of the molecule is C=C=C(N=C(N=CC1=CC(C)CC=C1)c1ccc2c3ccccc3c3ccccc3c2c1)c1cccc2c1Sc1ccccc1S2. The van der Waals surface area contributed by atoms with E-state index in [-0.39, 0.29) is 0 Å². The molecule has 1 aliphatic carbocycles. The predicted molar refractivity (Wildman–Crippen MR) is 199 cm³/mol. The molecular weight excluding hydrogens is 597 g/mol. The van der Waals surface area contributed by atoms with Gasteiger partial charge in [-0.25, -0.2) is 9.98 Å². The largest absolute Gasteiger partial charge is 0.236 e. The van der Waals surface area contributed by atoms with Gasteiger partial charge in [0, 0.05) is 36.9 Å². The zero-order chi connectivity index (χ0) is 31.0. The van der Waals surface area contributed by atoms with Crippen LogP contribution in [0.3, 0.4) is 0 Å². The molecule has 46 heavy (non-hydrogen) atoms. The molecule has 6 aromatic rings. The standard InChI is InChI=1S/C42H30N2S2/c1-3-37(35-18-11-21-40-41(35)46-39-20-9-8-19-38(39)45-40)44-42(43-26-28-13-10-12-27(2)24-28)29-22-23-34-32-16-5-4-14-30(32)31-15-6-7-17-33(31)36(34)25-29/h4-11,13-27H,1,12H2,2H3. The van der Waals surface area contributed by atoms with Crippen molar-refractivity contribution in [2.75, 3.05) is 0 Å². The van der Waals surface area contributed by atoms with Crippen LogP contribution in [0.5, 0.6) is 0 Å². The van der Waals surface area contributed by atoms with Gasteiger partial charge < -0.3 is 0 Å². The highest BCUT2D eigenvalue weighted by Crippen LogP contribution is 2.50. The summed E-state index contributed by atoms with van der Waals surface area (Å²) in [6.07, 6.45) is 9.61. The van der Waals surface area contributed by atoms with Crippen LogP contribution in [0.15, 0.2) is 175 Å². The summed E-state index contributed by atoms with van der Waals surface area (Å²) in [5.41, 5.74) is 6.91. The van der Waals surface area contributed by atoms with Crippen molar-refractivity contribution in [3.05, 3.63) is 156 Å². The molecule has 0 fully saturated rings. The molecule has 0 saturated carbocycles. The fourth-order valence-corrected chi connectivity index (χ4v) is 8.72. The average molecular weight is 627 g/mol. The maximum Gasteiger partial charge on any atom is 0.160 e. The van der Waals surface area contributed by atoms with Crippen molar-refractivity contribution < 1.29 is 0 Å². The van der Waals surface area contributed by atoms with Crippen molar-refractivity contribution >= 4 is 73.6 Å². The van der Waals surface area contributed by atoms with E-state index in [2.05, 4.69) is 147 Å². The highest BCUT2D eigenvalue weighted by molar-refractivity contribution is 8.05. The summed E-state index contributed by atoms with van der Waals surface area (Å²) < 4.78 is 0. The molecule has 0 amide bonds. The average Bonchev–Trinajstić information content (AvgIpc) is 3.11. The fraction of sp³-hybridized carbons (Fsp3) is 0.0714. The Morgan fingerprint density at radius 3 is 2.07 bits per heavy atom. The third-order valence-corrected chi connectivity index (χ3v) is 11.1. The molecule has 0 aromatic heterocycles. The van der Waals surface area contributed by atoms with Gasteiger partial charge in [0.1, 0.15) is 5.70 Å². The lowest BCUT2D eigenvalue weighted by Crippen LogP contribution is -2.02. The van der Waals surface area contributed by atoms with Crippen LogP contribution in [0, 0.1) is 5.92 Å². The number of fused-ring (bicyclic) bond motifs is 8. The molecule has 0 spiro atoms. The minimum atomic E-state index is 0.476. The summed E-state index contributed by atoms with van der Waals surface area (Å²) in [4.78, 5) is 15.2. The zero-order valence-corrected chi connectivity index (χ0v) is 27.0. The number of hydrogen-bond acceptors (Lipinski definition) is 3. The predicted octanol–water partition coefficient (Wildman–Crippen LogP) is 11.9.